The van der Waals surface area contributed by atoms with Crippen molar-refractivity contribution in [3.63, 3.8) is 0 Å². The summed E-state index contributed by atoms with van der Waals surface area (Å²) in [6.07, 6.45) is -14.6. The Kier molecular flexibility index (Phi) is 13.2. The number of hydrogen-bond acceptors (Lipinski definition) is 8. The van der Waals surface area contributed by atoms with Gasteiger partial charge in [0, 0.05) is 12.1 Å². The van der Waals surface area contributed by atoms with Crippen LogP contribution in [0.5, 0.6) is 5.75 Å². The number of amides is 2. The lowest BCUT2D eigenvalue weighted by molar-refractivity contribution is -0.143. The van der Waals surface area contributed by atoms with E-state index in [2.05, 4.69) is 20.6 Å². The molecule has 1 aromatic heterocycles. The Morgan fingerprint density at radius 1 is 0.825 bits per heavy atom. The van der Waals surface area contributed by atoms with Crippen molar-refractivity contribution in [1.29, 1.82) is 0 Å². The minimum absolute atomic E-state index is 0.00181. The fourth-order valence-corrected chi connectivity index (χ4v) is 6.19. The number of carbonyl (C=O) groups is 2. The first-order valence-corrected chi connectivity index (χ1v) is 17.5. The summed E-state index contributed by atoms with van der Waals surface area (Å²) in [4.78, 5) is 34.6. The van der Waals surface area contributed by atoms with E-state index in [0.29, 0.717) is 12.1 Å². The van der Waals surface area contributed by atoms with Crippen molar-refractivity contribution in [2.24, 2.45) is 0 Å². The van der Waals surface area contributed by atoms with Crippen molar-refractivity contribution in [1.82, 2.24) is 20.6 Å². The summed E-state index contributed by atoms with van der Waals surface area (Å²) in [6.45, 7) is 3.03. The molecule has 19 heteroatoms. The molecule has 1 unspecified atom stereocenters. The van der Waals surface area contributed by atoms with Gasteiger partial charge in [0.1, 0.15) is 19.0 Å². The van der Waals surface area contributed by atoms with E-state index in [0.717, 1.165) is 36.2 Å². The summed E-state index contributed by atoms with van der Waals surface area (Å²) in [6, 6.07) is 8.77. The van der Waals surface area contributed by atoms with Crippen molar-refractivity contribution in [2.45, 2.75) is 70.0 Å². The second kappa shape index (κ2) is 17.7. The molecular weight excluding hydrogens is 777 g/mol. The van der Waals surface area contributed by atoms with Crippen LogP contribution in [0.4, 0.5) is 54.8 Å². The highest BCUT2D eigenvalue weighted by Crippen LogP contribution is 2.44. The summed E-state index contributed by atoms with van der Waals surface area (Å²) in [5.74, 6) is -0.349. The largest absolute Gasteiger partial charge is 0.489 e. The van der Waals surface area contributed by atoms with E-state index in [1.165, 1.54) is 11.8 Å². The topological polar surface area (TPSA) is 115 Å². The maximum absolute atomic E-state index is 14.0. The number of alkyl halides is 9. The number of nitrogens with one attached hydrogen (secondary N) is 2. The molecule has 4 aromatic rings. The van der Waals surface area contributed by atoms with Gasteiger partial charge in [-0.05, 0) is 72.9 Å². The van der Waals surface area contributed by atoms with Crippen LogP contribution >= 0.6 is 0 Å². The average molecular weight is 814 g/mol. The molecule has 2 N–H and O–H groups in total. The van der Waals surface area contributed by atoms with Gasteiger partial charge >= 0.3 is 30.7 Å². The number of aromatic nitrogens is 2. The molecule has 1 aliphatic heterocycles. The quantitative estimate of drug-likeness (QED) is 0.108. The number of hydrogen-bond donors (Lipinski definition) is 2. The summed E-state index contributed by atoms with van der Waals surface area (Å²) in [5.41, 5.74) is -4.36. The van der Waals surface area contributed by atoms with Crippen LogP contribution in [-0.2, 0) is 34.6 Å². The fourth-order valence-electron chi connectivity index (χ4n) is 6.19. The van der Waals surface area contributed by atoms with Crippen molar-refractivity contribution >= 4 is 17.9 Å². The molecule has 0 spiro atoms. The molecule has 306 valence electrons. The number of anilines is 1. The van der Waals surface area contributed by atoms with Gasteiger partial charge in [-0.1, -0.05) is 37.3 Å². The van der Waals surface area contributed by atoms with Crippen LogP contribution in [0.15, 0.2) is 79.1 Å². The van der Waals surface area contributed by atoms with Gasteiger partial charge in [0.2, 0.25) is 0 Å². The summed E-state index contributed by atoms with van der Waals surface area (Å²) in [7, 11) is 0. The first-order valence-electron chi connectivity index (χ1n) is 17.5. The van der Waals surface area contributed by atoms with Crippen LogP contribution < -0.4 is 20.3 Å². The van der Waals surface area contributed by atoms with Crippen LogP contribution in [0.3, 0.4) is 0 Å². The molecule has 0 saturated carbocycles. The van der Waals surface area contributed by atoms with Gasteiger partial charge in [-0.2, -0.15) is 39.5 Å². The highest BCUT2D eigenvalue weighted by Gasteiger charge is 2.42. The molecule has 3 aromatic carbocycles. The monoisotopic (exact) mass is 813 g/mol. The minimum Gasteiger partial charge on any atom is -0.489 e. The smallest absolute Gasteiger partial charge is 0.416 e. The number of nitrogens with zero attached hydrogens (tertiary/aromatic N) is 3. The molecule has 5 rings (SSSR count). The molecule has 0 saturated heterocycles. The molecule has 2 amide bonds. The zero-order valence-corrected chi connectivity index (χ0v) is 30.3. The lowest BCUT2D eigenvalue weighted by Crippen LogP contribution is -2.47. The lowest BCUT2D eigenvalue weighted by atomic mass is 9.87. The zero-order valence-electron chi connectivity index (χ0n) is 30.3. The third-order valence-corrected chi connectivity index (χ3v) is 8.87. The highest BCUT2D eigenvalue weighted by atomic mass is 19.4. The van der Waals surface area contributed by atoms with E-state index in [-0.39, 0.29) is 68.1 Å². The maximum atomic E-state index is 14.0. The predicted molar refractivity (Wildman–Crippen MR) is 186 cm³/mol. The second-order valence-corrected chi connectivity index (χ2v) is 12.7. The van der Waals surface area contributed by atoms with Crippen LogP contribution in [0.1, 0.15) is 78.0 Å². The van der Waals surface area contributed by atoms with Gasteiger partial charge in [0.25, 0.3) is 0 Å². The Hall–Kier alpha value is -5.59. The maximum Gasteiger partial charge on any atom is 0.416 e. The molecule has 3 atom stereocenters. The first kappa shape index (κ1) is 42.6. The molecule has 0 fully saturated rings. The fraction of sp³-hybridized carbons (Fsp3) is 0.368. The highest BCUT2D eigenvalue weighted by molar-refractivity contribution is 5.90. The van der Waals surface area contributed by atoms with Gasteiger partial charge in [0.05, 0.1) is 54.0 Å². The number of benzene rings is 3. The van der Waals surface area contributed by atoms with Gasteiger partial charge in [0.15, 0.2) is 5.75 Å². The van der Waals surface area contributed by atoms with E-state index < -0.39 is 71.1 Å². The average Bonchev–Trinajstić information content (AvgIpc) is 3.16. The number of rotatable bonds is 12. The van der Waals surface area contributed by atoms with E-state index in [1.54, 1.807) is 37.3 Å². The van der Waals surface area contributed by atoms with Crippen LogP contribution in [-0.4, -0.2) is 48.0 Å². The second-order valence-electron chi connectivity index (χ2n) is 12.7. The standard InChI is InChI=1S/C38H36F9N5O5/c1-3-27-18-30(29-17-24(36(39,40)41)10-11-31(29)52(27)35(54)55-4-2)51-32(23-14-25(37(42,43)44)16-26(15-23)38(45,46)47)33-49-19-28(20-50-33)56-13-12-48-34(53)57-21-22-8-6-5-7-9-22/h5-11,14-17,19-20,27,30,32,51H,3-4,12-13,18,21H2,1-2H3,(H,48,53)/t27-,30+,32?/m1/s1. The first-order chi connectivity index (χ1) is 26.9. The number of halogens is 9. The summed E-state index contributed by atoms with van der Waals surface area (Å²) < 4.78 is 142. The van der Waals surface area contributed by atoms with E-state index >= 15 is 0 Å². The third kappa shape index (κ3) is 10.8. The number of fused-ring (bicyclic) bond motifs is 1. The van der Waals surface area contributed by atoms with Crippen molar-refractivity contribution in [3.05, 3.63) is 118 Å². The Balaban J connectivity index is 1.48. The Labute approximate surface area is 320 Å². The van der Waals surface area contributed by atoms with Crippen molar-refractivity contribution < 1.29 is 63.3 Å². The summed E-state index contributed by atoms with van der Waals surface area (Å²) >= 11 is 0. The SMILES string of the molecule is CCOC(=O)N1c2ccc(C(F)(F)F)cc2[C@@H](NC(c2cc(C(F)(F)F)cc(C(F)(F)F)c2)c2ncc(OCCNC(=O)OCc3ccccc3)cn2)C[C@H]1CC. The normalized spacial score (nSPS) is 16.4. The van der Waals surface area contributed by atoms with E-state index in [1.807, 2.05) is 0 Å². The van der Waals surface area contributed by atoms with Crippen LogP contribution in [0.25, 0.3) is 0 Å². The van der Waals surface area contributed by atoms with Gasteiger partial charge in [-0.3, -0.25) is 10.2 Å². The van der Waals surface area contributed by atoms with Gasteiger partial charge < -0.3 is 19.5 Å². The van der Waals surface area contributed by atoms with Gasteiger partial charge in [-0.15, -0.1) is 0 Å². The van der Waals surface area contributed by atoms with Crippen LogP contribution in [0.2, 0.25) is 0 Å². The minimum atomic E-state index is -5.23. The van der Waals surface area contributed by atoms with E-state index in [4.69, 9.17) is 14.2 Å². The number of ether oxygens (including phenoxy) is 3. The molecule has 57 heavy (non-hydrogen) atoms. The molecule has 0 radical (unpaired) electrons. The molecule has 0 bridgehead atoms. The lowest BCUT2D eigenvalue weighted by Gasteiger charge is -2.41. The third-order valence-electron chi connectivity index (χ3n) is 8.87. The zero-order chi connectivity index (χ0) is 41.5. The molecule has 1 aliphatic rings. The number of carbonyl (C=O) groups excluding carboxylic acids is 2. The molecule has 2 heterocycles. The van der Waals surface area contributed by atoms with Crippen LogP contribution in [0, 0.1) is 0 Å². The molecule has 10 nitrogen and oxygen atoms in total. The summed E-state index contributed by atoms with van der Waals surface area (Å²) in [5, 5.41) is 5.41. The molecular formula is C38H36F9N5O5. The Bertz CT molecular complexity index is 1960. The number of alkyl carbamates (subject to hydrolysis) is 1. The Morgan fingerprint density at radius 2 is 1.46 bits per heavy atom. The molecule has 0 aliphatic carbocycles. The van der Waals surface area contributed by atoms with Gasteiger partial charge in [-0.25, -0.2) is 19.6 Å². The van der Waals surface area contributed by atoms with Crippen molar-refractivity contribution in [2.75, 3.05) is 24.7 Å². The van der Waals surface area contributed by atoms with Crippen molar-refractivity contribution in [3.8, 4) is 5.75 Å². The Morgan fingerprint density at radius 3 is 2.04 bits per heavy atom. The predicted octanol–water partition coefficient (Wildman–Crippen LogP) is 9.40. The van der Waals surface area contributed by atoms with E-state index in [9.17, 15) is 49.1 Å².